The van der Waals surface area contributed by atoms with E-state index in [0.717, 1.165) is 17.5 Å². The average Bonchev–Trinajstić information content (AvgIpc) is 2.71. The number of rotatable bonds is 5. The molecule has 1 heterocycles. The lowest BCUT2D eigenvalue weighted by atomic mass is 9.86. The number of hydrogen-bond acceptors (Lipinski definition) is 3. The van der Waals surface area contributed by atoms with Crippen LogP contribution in [0, 0.1) is 19.8 Å². The molecule has 1 saturated carbocycles. The topological polar surface area (TPSA) is 70.9 Å². The quantitative estimate of drug-likeness (QED) is 0.751. The predicted molar refractivity (Wildman–Crippen MR) is 114 cm³/mol. The van der Waals surface area contributed by atoms with E-state index < -0.39 is 10.0 Å². The summed E-state index contributed by atoms with van der Waals surface area (Å²) in [6.45, 7) is 10.1. The minimum absolute atomic E-state index is 0.101. The molecule has 1 amide bonds. The van der Waals surface area contributed by atoms with Crippen molar-refractivity contribution < 1.29 is 18.1 Å². The molecule has 0 unspecified atom stereocenters. The minimum Gasteiger partial charge on any atom is -0.348 e. The first-order valence-electron chi connectivity index (χ1n) is 10.9. The second-order valence-electron chi connectivity index (χ2n) is 8.93. The molecule has 1 aliphatic carbocycles. The molecule has 0 spiro atoms. The Morgan fingerprint density at radius 2 is 1.83 bits per heavy atom. The maximum absolute atomic E-state index is 13.1. The van der Waals surface area contributed by atoms with Crippen LogP contribution in [0.4, 0.5) is 0 Å². The van der Waals surface area contributed by atoms with Gasteiger partial charge in [-0.25, -0.2) is 8.42 Å². The van der Waals surface area contributed by atoms with Gasteiger partial charge in [0.2, 0.25) is 10.0 Å². The molecule has 2 fully saturated rings. The molecule has 162 valence electrons. The minimum atomic E-state index is -3.50. The second-order valence-corrected chi connectivity index (χ2v) is 10.8. The van der Waals surface area contributed by atoms with E-state index in [0.29, 0.717) is 37.0 Å². The lowest BCUT2D eigenvalue weighted by Gasteiger charge is -2.36. The highest BCUT2D eigenvalue weighted by Gasteiger charge is 2.36. The summed E-state index contributed by atoms with van der Waals surface area (Å²) in [5.74, 6) is 0.638. The molecule has 1 aromatic rings. The summed E-state index contributed by atoms with van der Waals surface area (Å²) >= 11 is 0. The Kier molecular flexibility index (Phi) is 7.02. The highest BCUT2D eigenvalue weighted by Crippen LogP contribution is 2.24. The first kappa shape index (κ1) is 22.2. The van der Waals surface area contributed by atoms with Crippen molar-refractivity contribution in [1.82, 2.24) is 9.62 Å². The molecule has 0 radical (unpaired) electrons. The third-order valence-corrected chi connectivity index (χ3v) is 8.81. The largest absolute Gasteiger partial charge is 0.348 e. The number of benzene rings is 1. The zero-order chi connectivity index (χ0) is 21.2. The van der Waals surface area contributed by atoms with Gasteiger partial charge < -0.3 is 10.2 Å². The van der Waals surface area contributed by atoms with Gasteiger partial charge in [-0.15, -0.1) is 0 Å². The molecule has 3 rings (SSSR count). The molecule has 1 aromatic carbocycles. The van der Waals surface area contributed by atoms with Crippen LogP contribution in [0.3, 0.4) is 0 Å². The third kappa shape index (κ3) is 5.01. The van der Waals surface area contributed by atoms with Gasteiger partial charge in [-0.1, -0.05) is 31.9 Å². The van der Waals surface area contributed by atoms with Crippen LogP contribution in [0.15, 0.2) is 23.1 Å². The van der Waals surface area contributed by atoms with Crippen molar-refractivity contribution in [1.29, 1.82) is 0 Å². The number of piperazine rings is 1. The van der Waals surface area contributed by atoms with Gasteiger partial charge in [0.05, 0.1) is 31.1 Å². The zero-order valence-electron chi connectivity index (χ0n) is 18.2. The fourth-order valence-corrected chi connectivity index (χ4v) is 6.35. The smallest absolute Gasteiger partial charge is 0.278 e. The van der Waals surface area contributed by atoms with E-state index in [1.54, 1.807) is 10.4 Å². The van der Waals surface area contributed by atoms with Crippen LogP contribution in [0.2, 0.25) is 0 Å². The van der Waals surface area contributed by atoms with E-state index in [1.165, 1.54) is 24.2 Å². The lowest BCUT2D eigenvalue weighted by Crippen LogP contribution is -3.19. The number of amides is 1. The molecule has 7 heteroatoms. The summed E-state index contributed by atoms with van der Waals surface area (Å²) in [5, 5.41) is 3.26. The first-order valence-corrected chi connectivity index (χ1v) is 12.4. The van der Waals surface area contributed by atoms with Crippen molar-refractivity contribution in [2.75, 3.05) is 26.2 Å². The number of nitrogens with zero attached hydrogens (tertiary/aromatic N) is 1. The van der Waals surface area contributed by atoms with Crippen molar-refractivity contribution in [3.63, 3.8) is 0 Å². The zero-order valence-corrected chi connectivity index (χ0v) is 19.0. The summed E-state index contributed by atoms with van der Waals surface area (Å²) in [5.41, 5.74) is 1.72. The maximum Gasteiger partial charge on any atom is 0.278 e. The van der Waals surface area contributed by atoms with Crippen molar-refractivity contribution in [2.45, 2.75) is 70.4 Å². The van der Waals surface area contributed by atoms with Crippen LogP contribution in [-0.2, 0) is 14.8 Å². The Hall–Kier alpha value is -1.44. The Morgan fingerprint density at radius 3 is 2.48 bits per heavy atom. The lowest BCUT2D eigenvalue weighted by molar-refractivity contribution is -0.917. The fourth-order valence-electron chi connectivity index (χ4n) is 4.59. The maximum atomic E-state index is 13.1. The van der Waals surface area contributed by atoms with Gasteiger partial charge in [-0.2, -0.15) is 4.31 Å². The van der Waals surface area contributed by atoms with Gasteiger partial charge in [-0.3, -0.25) is 4.79 Å². The van der Waals surface area contributed by atoms with Gasteiger partial charge in [-0.05, 0) is 56.7 Å². The van der Waals surface area contributed by atoms with E-state index in [4.69, 9.17) is 0 Å². The van der Waals surface area contributed by atoms with Crippen molar-refractivity contribution in [2.24, 2.45) is 5.92 Å². The van der Waals surface area contributed by atoms with Crippen LogP contribution in [0.5, 0.6) is 0 Å². The summed E-state index contributed by atoms with van der Waals surface area (Å²) in [6.07, 6.45) is 4.69. The number of carbonyl (C=O) groups is 1. The molecule has 2 aliphatic rings. The molecule has 1 saturated heterocycles. The van der Waals surface area contributed by atoms with Crippen LogP contribution in [-0.4, -0.2) is 56.9 Å². The molecule has 1 aliphatic heterocycles. The van der Waals surface area contributed by atoms with E-state index in [1.807, 2.05) is 32.9 Å². The normalized spacial score (nSPS) is 25.5. The second kappa shape index (κ2) is 9.14. The Bertz CT molecular complexity index is 832. The fraction of sp³-hybridized carbons (Fsp3) is 0.682. The van der Waals surface area contributed by atoms with E-state index in [-0.39, 0.29) is 18.0 Å². The Balaban J connectivity index is 1.59. The summed E-state index contributed by atoms with van der Waals surface area (Å²) in [6, 6.07) is 5.68. The predicted octanol–water partition coefficient (Wildman–Crippen LogP) is 1.28. The van der Waals surface area contributed by atoms with E-state index >= 15 is 0 Å². The monoisotopic (exact) mass is 422 g/mol. The summed E-state index contributed by atoms with van der Waals surface area (Å²) in [7, 11) is -3.50. The standard InChI is InChI=1S/C22H35N3O3S/c1-16-9-10-18(3)21(15-16)29(27,28)25-13-11-24(12-14-25)19(4)22(26)23-20-8-6-5-7-17(20)2/h9-10,15,17,19-20H,5-8,11-14H2,1-4H3,(H,23,26)/p+1/t17-,19+,20-/m0/s1. The van der Waals surface area contributed by atoms with Gasteiger partial charge in [0.1, 0.15) is 0 Å². The number of nitrogens with one attached hydrogen (secondary N) is 2. The van der Waals surface area contributed by atoms with Gasteiger partial charge in [0, 0.05) is 6.04 Å². The summed E-state index contributed by atoms with van der Waals surface area (Å²) in [4.78, 5) is 14.3. The molecule has 3 atom stereocenters. The molecule has 0 bridgehead atoms. The molecule has 0 aromatic heterocycles. The van der Waals surface area contributed by atoms with Crippen molar-refractivity contribution in [3.05, 3.63) is 29.3 Å². The van der Waals surface area contributed by atoms with Crippen LogP contribution < -0.4 is 10.2 Å². The van der Waals surface area contributed by atoms with Gasteiger partial charge in [0.25, 0.3) is 5.91 Å². The highest BCUT2D eigenvalue weighted by atomic mass is 32.2. The first-order chi connectivity index (χ1) is 13.7. The van der Waals surface area contributed by atoms with Crippen LogP contribution >= 0.6 is 0 Å². The van der Waals surface area contributed by atoms with Gasteiger partial charge >= 0.3 is 0 Å². The Labute approximate surface area is 175 Å². The van der Waals surface area contributed by atoms with Crippen molar-refractivity contribution in [3.8, 4) is 0 Å². The molecule has 29 heavy (non-hydrogen) atoms. The van der Waals surface area contributed by atoms with Crippen molar-refractivity contribution >= 4 is 15.9 Å². The number of hydrogen-bond donors (Lipinski definition) is 2. The number of quaternary nitrogens is 1. The highest BCUT2D eigenvalue weighted by molar-refractivity contribution is 7.89. The Morgan fingerprint density at radius 1 is 1.17 bits per heavy atom. The number of aryl methyl sites for hydroxylation is 2. The van der Waals surface area contributed by atoms with Crippen LogP contribution in [0.25, 0.3) is 0 Å². The van der Waals surface area contributed by atoms with E-state index in [9.17, 15) is 13.2 Å². The molecular weight excluding hydrogens is 386 g/mol. The molecular formula is C22H36N3O3S+. The average molecular weight is 423 g/mol. The summed E-state index contributed by atoms with van der Waals surface area (Å²) < 4.78 is 27.8. The molecule has 6 nitrogen and oxygen atoms in total. The number of sulfonamides is 1. The third-order valence-electron chi connectivity index (χ3n) is 6.77. The SMILES string of the molecule is Cc1ccc(C)c(S(=O)(=O)N2CC[NH+]([C@H](C)C(=O)N[C@H]3CCCC[C@@H]3C)CC2)c1. The van der Waals surface area contributed by atoms with Gasteiger partial charge in [0.15, 0.2) is 6.04 Å². The van der Waals surface area contributed by atoms with E-state index in [2.05, 4.69) is 12.2 Å². The molecule has 2 N–H and O–H groups in total. The van der Waals surface area contributed by atoms with Crippen LogP contribution in [0.1, 0.15) is 50.7 Å². The number of carbonyl (C=O) groups excluding carboxylic acids is 1.